The number of thioether (sulfide) groups is 1. The molecule has 0 saturated carbocycles. The van der Waals surface area contributed by atoms with Gasteiger partial charge in [0.2, 0.25) is 5.91 Å². The van der Waals surface area contributed by atoms with Crippen molar-refractivity contribution in [2.45, 2.75) is 38.0 Å². The first-order valence-corrected chi connectivity index (χ1v) is 6.28. The van der Waals surface area contributed by atoms with E-state index in [4.69, 9.17) is 10.8 Å². The van der Waals surface area contributed by atoms with E-state index < -0.39 is 5.54 Å². The van der Waals surface area contributed by atoms with Crippen molar-refractivity contribution in [3.05, 3.63) is 0 Å². The van der Waals surface area contributed by atoms with Crippen LogP contribution >= 0.6 is 11.8 Å². The van der Waals surface area contributed by atoms with E-state index in [0.717, 1.165) is 13.0 Å². The van der Waals surface area contributed by atoms with Crippen LogP contribution in [-0.4, -0.2) is 40.7 Å². The molecule has 0 fully saturated rings. The molecule has 4 N–H and O–H groups in total. The number of rotatable bonds is 8. The molecule has 0 aliphatic heterocycles. The third-order valence-corrected chi connectivity index (χ3v) is 3.68. The Morgan fingerprint density at radius 1 is 1.67 bits per heavy atom. The lowest BCUT2D eigenvalue weighted by Gasteiger charge is -2.28. The molecule has 0 rings (SSSR count). The highest BCUT2D eigenvalue weighted by Gasteiger charge is 2.30. The molecule has 0 aliphatic rings. The fourth-order valence-electron chi connectivity index (χ4n) is 0.972. The maximum absolute atomic E-state index is 11.3. The molecule has 2 atom stereocenters. The van der Waals surface area contributed by atoms with Gasteiger partial charge < -0.3 is 16.2 Å². The van der Waals surface area contributed by atoms with Gasteiger partial charge in [-0.15, -0.1) is 0 Å². The summed E-state index contributed by atoms with van der Waals surface area (Å²) in [5.74, 6) is 0.248. The molecule has 4 nitrogen and oxygen atoms in total. The Morgan fingerprint density at radius 3 is 2.67 bits per heavy atom. The van der Waals surface area contributed by atoms with Gasteiger partial charge in [0.1, 0.15) is 5.54 Å². The van der Waals surface area contributed by atoms with Crippen molar-refractivity contribution in [3.8, 4) is 0 Å². The smallest absolute Gasteiger partial charge is 0.238 e. The minimum absolute atomic E-state index is 0.118. The van der Waals surface area contributed by atoms with Gasteiger partial charge in [-0.3, -0.25) is 4.79 Å². The Labute approximate surface area is 96.0 Å². The Morgan fingerprint density at radius 2 is 2.27 bits per heavy atom. The lowest BCUT2D eigenvalue weighted by Crippen LogP contribution is -2.55. The highest BCUT2D eigenvalue weighted by atomic mass is 32.2. The van der Waals surface area contributed by atoms with Crippen LogP contribution in [0.15, 0.2) is 0 Å². The van der Waals surface area contributed by atoms with Gasteiger partial charge in [-0.25, -0.2) is 0 Å². The van der Waals surface area contributed by atoms with E-state index in [2.05, 4.69) is 5.32 Å². The first-order chi connectivity index (χ1) is 6.96. The minimum Gasteiger partial charge on any atom is -0.395 e. The third-order valence-electron chi connectivity index (χ3n) is 2.22. The van der Waals surface area contributed by atoms with Crippen molar-refractivity contribution in [2.24, 2.45) is 5.73 Å². The molecule has 0 aliphatic carbocycles. The van der Waals surface area contributed by atoms with Gasteiger partial charge in [0, 0.05) is 11.0 Å². The number of hydrogen-bond donors (Lipinski definition) is 3. The van der Waals surface area contributed by atoms with Crippen LogP contribution in [0.1, 0.15) is 27.2 Å². The van der Waals surface area contributed by atoms with Crippen LogP contribution in [0, 0.1) is 0 Å². The van der Waals surface area contributed by atoms with Crippen LogP contribution in [0.25, 0.3) is 0 Å². The highest BCUT2D eigenvalue weighted by molar-refractivity contribution is 8.00. The van der Waals surface area contributed by atoms with Crippen LogP contribution in [0.2, 0.25) is 0 Å². The van der Waals surface area contributed by atoms with E-state index in [1.165, 1.54) is 0 Å². The average molecular weight is 234 g/mol. The van der Waals surface area contributed by atoms with Gasteiger partial charge in [-0.2, -0.15) is 11.8 Å². The molecule has 0 aromatic rings. The third kappa shape index (κ3) is 5.39. The summed E-state index contributed by atoms with van der Waals surface area (Å²) in [6.07, 6.45) is 0.961. The average Bonchev–Trinajstić information content (AvgIpc) is 2.22. The first-order valence-electron chi connectivity index (χ1n) is 5.23. The molecule has 0 radical (unpaired) electrons. The maximum Gasteiger partial charge on any atom is 0.238 e. The van der Waals surface area contributed by atoms with Crippen LogP contribution < -0.4 is 11.1 Å². The molecule has 90 valence electrons. The molecule has 1 amide bonds. The second-order valence-electron chi connectivity index (χ2n) is 3.93. The zero-order valence-electron chi connectivity index (χ0n) is 9.75. The molecule has 2 unspecified atom stereocenters. The van der Waals surface area contributed by atoms with Crippen molar-refractivity contribution in [1.29, 1.82) is 0 Å². The Bertz CT molecular complexity index is 202. The summed E-state index contributed by atoms with van der Waals surface area (Å²) in [4.78, 5) is 11.3. The quantitative estimate of drug-likeness (QED) is 0.566. The monoisotopic (exact) mass is 234 g/mol. The summed E-state index contributed by atoms with van der Waals surface area (Å²) < 4.78 is 0. The first kappa shape index (κ1) is 14.7. The van der Waals surface area contributed by atoms with Gasteiger partial charge in [-0.05, 0) is 19.9 Å². The van der Waals surface area contributed by atoms with Gasteiger partial charge in [0.15, 0.2) is 0 Å². The lowest BCUT2D eigenvalue weighted by molar-refractivity contribution is -0.122. The number of hydrogen-bond acceptors (Lipinski definition) is 4. The zero-order valence-corrected chi connectivity index (χ0v) is 10.6. The molecule has 0 heterocycles. The number of carbonyl (C=O) groups excluding carboxylic acids is 1. The van der Waals surface area contributed by atoms with Crippen LogP contribution in [0.5, 0.6) is 0 Å². The topological polar surface area (TPSA) is 75.3 Å². The normalized spacial score (nSPS) is 17.1. The summed E-state index contributed by atoms with van der Waals surface area (Å²) in [6.45, 7) is 6.66. The molecular weight excluding hydrogens is 212 g/mol. The van der Waals surface area contributed by atoms with E-state index in [0.29, 0.717) is 5.75 Å². The molecular formula is C10H22N2O2S. The van der Waals surface area contributed by atoms with Crippen LogP contribution in [-0.2, 0) is 4.79 Å². The summed E-state index contributed by atoms with van der Waals surface area (Å²) in [5.41, 5.74) is 4.69. The molecule has 5 heteroatoms. The predicted octanol–water partition coefficient (Wildman–Crippen LogP) is 0.344. The van der Waals surface area contributed by atoms with Crippen molar-refractivity contribution in [3.63, 3.8) is 0 Å². The molecule has 0 bridgehead atoms. The Balaban J connectivity index is 4.19. The van der Waals surface area contributed by atoms with Gasteiger partial charge in [-0.1, -0.05) is 13.8 Å². The van der Waals surface area contributed by atoms with Gasteiger partial charge >= 0.3 is 0 Å². The molecule has 0 spiro atoms. The van der Waals surface area contributed by atoms with E-state index in [1.54, 1.807) is 11.8 Å². The Kier molecular flexibility index (Phi) is 6.96. The number of carbonyl (C=O) groups is 1. The zero-order chi connectivity index (χ0) is 11.9. The largest absolute Gasteiger partial charge is 0.395 e. The van der Waals surface area contributed by atoms with E-state index in [1.807, 2.05) is 20.8 Å². The van der Waals surface area contributed by atoms with Crippen molar-refractivity contribution < 1.29 is 9.90 Å². The second-order valence-corrected chi connectivity index (χ2v) is 5.35. The number of nitrogens with one attached hydrogen (secondary N) is 1. The predicted molar refractivity (Wildman–Crippen MR) is 64.9 cm³/mol. The van der Waals surface area contributed by atoms with Crippen LogP contribution in [0.4, 0.5) is 0 Å². The fourth-order valence-corrected chi connectivity index (χ4v) is 1.94. The molecule has 0 saturated heterocycles. The number of nitrogens with two attached hydrogens (primary N) is 1. The number of amides is 1. The van der Waals surface area contributed by atoms with E-state index in [-0.39, 0.29) is 17.8 Å². The highest BCUT2D eigenvalue weighted by Crippen LogP contribution is 2.17. The van der Waals surface area contributed by atoms with E-state index >= 15 is 0 Å². The number of aliphatic hydroxyl groups excluding tert-OH is 1. The summed E-state index contributed by atoms with van der Waals surface area (Å²) in [5, 5.41) is 12.2. The standard InChI is InChI=1S/C10H22N2O2S/c1-4-5-12-10(3,9(11)14)7-15-8(2)6-13/h8,12-13H,4-7H2,1-3H3,(H2,11,14). The van der Waals surface area contributed by atoms with E-state index in [9.17, 15) is 4.79 Å². The van der Waals surface area contributed by atoms with Crippen LogP contribution in [0.3, 0.4) is 0 Å². The SMILES string of the molecule is CCCNC(C)(CSC(C)CO)C(N)=O. The van der Waals surface area contributed by atoms with Crippen molar-refractivity contribution in [1.82, 2.24) is 5.32 Å². The number of primary amides is 1. The maximum atomic E-state index is 11.3. The minimum atomic E-state index is -0.676. The molecule has 0 aromatic heterocycles. The molecule has 0 aromatic carbocycles. The lowest BCUT2D eigenvalue weighted by atomic mass is 10.0. The Hall–Kier alpha value is -0.260. The van der Waals surface area contributed by atoms with Crippen molar-refractivity contribution in [2.75, 3.05) is 18.9 Å². The summed E-state index contributed by atoms with van der Waals surface area (Å²) in [7, 11) is 0. The van der Waals surface area contributed by atoms with Gasteiger partial charge in [0.25, 0.3) is 0 Å². The summed E-state index contributed by atoms with van der Waals surface area (Å²) in [6, 6.07) is 0. The van der Waals surface area contributed by atoms with Crippen molar-refractivity contribution >= 4 is 17.7 Å². The molecule has 15 heavy (non-hydrogen) atoms. The number of aliphatic hydroxyl groups is 1. The second kappa shape index (κ2) is 7.09. The summed E-state index contributed by atoms with van der Waals surface area (Å²) >= 11 is 1.55. The fraction of sp³-hybridized carbons (Fsp3) is 0.900. The van der Waals surface area contributed by atoms with Gasteiger partial charge in [0.05, 0.1) is 6.61 Å².